The van der Waals surface area contributed by atoms with E-state index in [0.29, 0.717) is 78.4 Å². The Morgan fingerprint density at radius 1 is 0.949 bits per heavy atom. The molecule has 0 saturated carbocycles. The van der Waals surface area contributed by atoms with Gasteiger partial charge in [0.1, 0.15) is 5.69 Å². The molecule has 0 spiro atoms. The minimum absolute atomic E-state index is 0.0281. The average molecular weight is 554 g/mol. The van der Waals surface area contributed by atoms with Crippen LogP contribution in [0.25, 0.3) is 0 Å². The van der Waals surface area contributed by atoms with E-state index in [-0.39, 0.29) is 11.5 Å². The van der Waals surface area contributed by atoms with Gasteiger partial charge in [0.2, 0.25) is 5.91 Å². The largest absolute Gasteiger partial charge is 0.478 e. The lowest BCUT2D eigenvalue weighted by atomic mass is 10.1. The summed E-state index contributed by atoms with van der Waals surface area (Å²) in [5.41, 5.74) is 1.05. The van der Waals surface area contributed by atoms with Gasteiger partial charge in [0, 0.05) is 32.4 Å². The summed E-state index contributed by atoms with van der Waals surface area (Å²) in [6, 6.07) is 3.08. The summed E-state index contributed by atoms with van der Waals surface area (Å²) in [5, 5.41) is 19.1. The molecule has 0 unspecified atom stereocenters. The van der Waals surface area contributed by atoms with Crippen molar-refractivity contribution in [1.82, 2.24) is 25.3 Å². The van der Waals surface area contributed by atoms with Gasteiger partial charge < -0.3 is 34.1 Å². The molecule has 39 heavy (non-hydrogen) atoms. The minimum Gasteiger partial charge on any atom is -0.478 e. The van der Waals surface area contributed by atoms with Gasteiger partial charge in [-0.25, -0.2) is 4.79 Å². The summed E-state index contributed by atoms with van der Waals surface area (Å²) in [4.78, 5) is 24.8. The third kappa shape index (κ3) is 19.7. The molecule has 2 aromatic heterocycles. The zero-order valence-corrected chi connectivity index (χ0v) is 23.3. The van der Waals surface area contributed by atoms with Gasteiger partial charge in [0.15, 0.2) is 0 Å². The molecule has 0 saturated heterocycles. The molecule has 1 amide bonds. The molecular weight excluding hydrogens is 510 g/mol. The number of ether oxygens (including phenoxy) is 5. The van der Waals surface area contributed by atoms with E-state index < -0.39 is 5.97 Å². The number of nitrogens with one attached hydrogen (secondary N) is 1. The Hall–Kier alpha value is -2.97. The number of hydrogen-bond donors (Lipinski definition) is 2. The van der Waals surface area contributed by atoms with Crippen molar-refractivity contribution in [1.29, 1.82) is 0 Å². The third-order valence-corrected chi connectivity index (χ3v) is 4.92. The normalized spacial score (nSPS) is 10.8. The Morgan fingerprint density at radius 3 is 2.03 bits per heavy atom. The molecule has 2 heterocycles. The zero-order valence-electron chi connectivity index (χ0n) is 23.3. The fourth-order valence-electron chi connectivity index (χ4n) is 2.74. The first-order valence-corrected chi connectivity index (χ1v) is 13.0. The molecule has 0 atom stereocenters. The minimum atomic E-state index is -0.942. The van der Waals surface area contributed by atoms with Crippen LogP contribution in [0.5, 0.6) is 0 Å². The molecule has 220 valence electrons. The average Bonchev–Trinajstić information content (AvgIpc) is 3.40. The second-order valence-electron chi connectivity index (χ2n) is 8.63. The van der Waals surface area contributed by atoms with Crippen LogP contribution in [0.15, 0.2) is 30.7 Å². The predicted molar refractivity (Wildman–Crippen MR) is 142 cm³/mol. The van der Waals surface area contributed by atoms with Crippen LogP contribution >= 0.6 is 0 Å². The summed E-state index contributed by atoms with van der Waals surface area (Å²) in [6.45, 7) is 10.1. The maximum atomic E-state index is 11.0. The Balaban J connectivity index is 0.000000708. The first kappa shape index (κ1) is 34.1. The standard InChI is InChI=1S/C20H38N4O6.C6H5NO2/c1-18(2)4-6-24-16-19(22-23-24)17-30-15-14-29-13-12-28-11-10-27-9-8-26-7-5-20(25)21-3;8-6(9)5-2-1-3-7-4-5/h16,18H,4-15,17H2,1-3H3,(H,21,25);1-4H,(H,8,9). The molecule has 0 aliphatic heterocycles. The second-order valence-corrected chi connectivity index (χ2v) is 8.63. The van der Waals surface area contributed by atoms with Crippen molar-refractivity contribution in [3.05, 3.63) is 42.0 Å². The van der Waals surface area contributed by atoms with Crippen LogP contribution in [0, 0.1) is 5.92 Å². The number of hydrogen-bond acceptors (Lipinski definition) is 10. The van der Waals surface area contributed by atoms with Gasteiger partial charge in [-0.15, -0.1) is 5.10 Å². The van der Waals surface area contributed by atoms with Gasteiger partial charge in [-0.3, -0.25) is 14.5 Å². The number of aryl methyl sites for hydroxylation is 1. The Morgan fingerprint density at radius 2 is 1.54 bits per heavy atom. The number of rotatable bonds is 21. The van der Waals surface area contributed by atoms with E-state index in [1.807, 2.05) is 10.9 Å². The number of nitrogens with zero attached hydrogens (tertiary/aromatic N) is 4. The van der Waals surface area contributed by atoms with E-state index in [1.165, 1.54) is 18.5 Å². The molecular formula is C26H43N5O8. The summed E-state index contributed by atoms with van der Waals surface area (Å²) in [6.07, 6.45) is 6.22. The number of amides is 1. The molecule has 0 bridgehead atoms. The first-order chi connectivity index (χ1) is 18.9. The van der Waals surface area contributed by atoms with Crippen LogP contribution in [0.1, 0.15) is 42.7 Å². The van der Waals surface area contributed by atoms with Crippen LogP contribution in [-0.2, 0) is 41.6 Å². The van der Waals surface area contributed by atoms with Crippen LogP contribution in [0.3, 0.4) is 0 Å². The van der Waals surface area contributed by atoms with Crippen LogP contribution in [0.2, 0.25) is 0 Å². The molecule has 0 aliphatic carbocycles. The highest BCUT2D eigenvalue weighted by molar-refractivity contribution is 5.86. The number of pyridine rings is 1. The predicted octanol–water partition coefficient (Wildman–Crippen LogP) is 1.82. The molecule has 2 aromatic rings. The Kier molecular flexibility index (Phi) is 20.1. The van der Waals surface area contributed by atoms with E-state index in [0.717, 1.165) is 18.7 Å². The molecule has 0 fully saturated rings. The van der Waals surface area contributed by atoms with Crippen LogP contribution < -0.4 is 5.32 Å². The lowest BCUT2D eigenvalue weighted by Crippen LogP contribution is -2.20. The third-order valence-electron chi connectivity index (χ3n) is 4.92. The van der Waals surface area contributed by atoms with Gasteiger partial charge in [0.25, 0.3) is 0 Å². The SMILES string of the molecule is CNC(=O)CCOCCOCCOCCOCCOCc1cn(CCC(C)C)nn1.O=C(O)c1cccnc1. The van der Waals surface area contributed by atoms with Gasteiger partial charge in [0.05, 0.1) is 77.8 Å². The lowest BCUT2D eigenvalue weighted by molar-refractivity contribution is -0.121. The summed E-state index contributed by atoms with van der Waals surface area (Å²) >= 11 is 0. The van der Waals surface area contributed by atoms with Gasteiger partial charge in [-0.2, -0.15) is 0 Å². The van der Waals surface area contributed by atoms with Crippen molar-refractivity contribution in [2.45, 2.75) is 39.8 Å². The summed E-state index contributed by atoms with van der Waals surface area (Å²) in [7, 11) is 1.61. The van der Waals surface area contributed by atoms with Crippen molar-refractivity contribution in [2.24, 2.45) is 5.92 Å². The maximum absolute atomic E-state index is 11.0. The summed E-state index contributed by atoms with van der Waals surface area (Å²) < 4.78 is 28.9. The van der Waals surface area contributed by atoms with E-state index >= 15 is 0 Å². The monoisotopic (exact) mass is 553 g/mol. The van der Waals surface area contributed by atoms with E-state index in [2.05, 4.69) is 34.5 Å². The van der Waals surface area contributed by atoms with E-state index in [1.54, 1.807) is 13.1 Å². The van der Waals surface area contributed by atoms with Crippen LogP contribution in [-0.4, -0.2) is 103 Å². The van der Waals surface area contributed by atoms with Crippen molar-refractivity contribution < 1.29 is 38.4 Å². The topological polar surface area (TPSA) is 156 Å². The van der Waals surface area contributed by atoms with Gasteiger partial charge in [-0.05, 0) is 24.5 Å². The first-order valence-electron chi connectivity index (χ1n) is 13.0. The molecule has 0 aromatic carbocycles. The molecule has 2 N–H and O–H groups in total. The van der Waals surface area contributed by atoms with Crippen molar-refractivity contribution in [3.8, 4) is 0 Å². The van der Waals surface area contributed by atoms with Crippen LogP contribution in [0.4, 0.5) is 0 Å². The highest BCUT2D eigenvalue weighted by Gasteiger charge is 2.03. The number of carboxylic acids is 1. The van der Waals surface area contributed by atoms with E-state index in [4.69, 9.17) is 28.8 Å². The number of aromatic nitrogens is 4. The highest BCUT2D eigenvalue weighted by Crippen LogP contribution is 2.03. The lowest BCUT2D eigenvalue weighted by Gasteiger charge is -2.07. The van der Waals surface area contributed by atoms with Gasteiger partial charge >= 0.3 is 5.97 Å². The van der Waals surface area contributed by atoms with Crippen molar-refractivity contribution in [3.63, 3.8) is 0 Å². The fraction of sp³-hybridized carbons (Fsp3) is 0.654. The zero-order chi connectivity index (χ0) is 28.6. The molecule has 2 rings (SSSR count). The number of aromatic carboxylic acids is 1. The van der Waals surface area contributed by atoms with Crippen molar-refractivity contribution in [2.75, 3.05) is 66.5 Å². The molecule has 0 radical (unpaired) electrons. The number of carboxylic acid groups (broad SMARTS) is 1. The summed E-state index contributed by atoms with van der Waals surface area (Å²) in [5.74, 6) is -0.322. The molecule has 0 aliphatic rings. The van der Waals surface area contributed by atoms with Crippen molar-refractivity contribution >= 4 is 11.9 Å². The molecule has 13 heteroatoms. The Labute approximate surface area is 230 Å². The fourth-order valence-corrected chi connectivity index (χ4v) is 2.74. The quantitative estimate of drug-likeness (QED) is 0.217. The second kappa shape index (κ2) is 23.0. The van der Waals surface area contributed by atoms with Gasteiger partial charge in [-0.1, -0.05) is 19.1 Å². The number of carbonyl (C=O) groups is 2. The molecule has 13 nitrogen and oxygen atoms in total. The maximum Gasteiger partial charge on any atom is 0.337 e. The highest BCUT2D eigenvalue weighted by atomic mass is 16.6. The smallest absolute Gasteiger partial charge is 0.337 e. The number of carbonyl (C=O) groups excluding carboxylic acids is 1. The van der Waals surface area contributed by atoms with E-state index in [9.17, 15) is 9.59 Å². The Bertz CT molecular complexity index is 882.